The number of likely N-dealkylation sites (tertiary alicyclic amines) is 4. The Hall–Kier alpha value is -6.48. The van der Waals surface area contributed by atoms with Gasteiger partial charge in [0.1, 0.15) is 46.0 Å². The number of carbonyl (C=O) groups excluding carboxylic acids is 4. The van der Waals surface area contributed by atoms with Crippen molar-refractivity contribution in [1.82, 2.24) is 19.6 Å². The lowest BCUT2D eigenvalue weighted by Crippen LogP contribution is -2.34. The van der Waals surface area contributed by atoms with E-state index in [9.17, 15) is 60.0 Å². The number of piperidine rings is 4. The van der Waals surface area contributed by atoms with E-state index in [2.05, 4.69) is 0 Å². The van der Waals surface area contributed by atoms with Crippen LogP contribution in [-0.2, 0) is 19.2 Å². The van der Waals surface area contributed by atoms with Gasteiger partial charge in [0.25, 0.3) is 0 Å². The van der Waals surface area contributed by atoms with Crippen molar-refractivity contribution in [2.45, 2.75) is 118 Å². The summed E-state index contributed by atoms with van der Waals surface area (Å²) >= 11 is 3.38. The first-order valence-electron chi connectivity index (χ1n) is 26.3. The maximum atomic E-state index is 13.5. The number of benzene rings is 4. The minimum absolute atomic E-state index is 0.0226. The van der Waals surface area contributed by atoms with E-state index in [0.29, 0.717) is 64.1 Å². The summed E-state index contributed by atoms with van der Waals surface area (Å²) < 4.78 is 0. The van der Waals surface area contributed by atoms with Gasteiger partial charge in [-0.15, -0.1) is 11.8 Å². The van der Waals surface area contributed by atoms with E-state index in [4.69, 9.17) is 0 Å². The lowest BCUT2D eigenvalue weighted by Gasteiger charge is -2.25. The molecule has 0 spiro atoms. The molecule has 4 aliphatic rings. The molecule has 16 nitrogen and oxygen atoms in total. The number of thioether (sulfide) groups is 1. The molecular formula is C58H66N4O12S4. The van der Waals surface area contributed by atoms with Crippen molar-refractivity contribution in [1.29, 1.82) is 0 Å². The van der Waals surface area contributed by atoms with Gasteiger partial charge >= 0.3 is 0 Å². The summed E-state index contributed by atoms with van der Waals surface area (Å²) in [6.07, 6.45) is 23.3. The minimum atomic E-state index is -0.503. The number of aromatic hydroxyl groups is 8. The van der Waals surface area contributed by atoms with Crippen molar-refractivity contribution in [2.75, 3.05) is 58.6 Å². The third-order valence-corrected chi connectivity index (χ3v) is 18.5. The molecule has 4 amide bonds. The van der Waals surface area contributed by atoms with Gasteiger partial charge in [-0.1, -0.05) is 35.3 Å². The fraction of sp³-hybridized carbons (Fsp3) is 0.379. The van der Waals surface area contributed by atoms with Crippen LogP contribution in [0.1, 0.15) is 105 Å². The summed E-state index contributed by atoms with van der Waals surface area (Å²) in [7, 11) is 0. The van der Waals surface area contributed by atoms with E-state index in [0.717, 1.165) is 112 Å². The van der Waals surface area contributed by atoms with Crippen molar-refractivity contribution < 1.29 is 60.0 Å². The molecule has 78 heavy (non-hydrogen) atoms. The highest BCUT2D eigenvalue weighted by atomic mass is 32.2. The fourth-order valence-electron chi connectivity index (χ4n) is 9.87. The Morgan fingerprint density at radius 2 is 0.615 bits per heavy atom. The number of hydrogen-bond acceptors (Lipinski definition) is 16. The summed E-state index contributed by atoms with van der Waals surface area (Å²) in [6.45, 7) is 6.12. The maximum Gasteiger partial charge on any atom is 0.246 e. The van der Waals surface area contributed by atoms with Gasteiger partial charge in [-0.25, -0.2) is 0 Å². The zero-order valence-corrected chi connectivity index (χ0v) is 47.0. The molecule has 8 rings (SSSR count). The van der Waals surface area contributed by atoms with Gasteiger partial charge in [-0.3, -0.25) is 19.2 Å². The number of nitrogens with zero attached hydrogens (tertiary/aromatic N) is 4. The van der Waals surface area contributed by atoms with Crippen LogP contribution < -0.4 is 0 Å². The molecule has 414 valence electrons. The third-order valence-electron chi connectivity index (χ3n) is 14.3. The molecule has 8 N–H and O–H groups in total. The molecule has 0 saturated carbocycles. The largest absolute Gasteiger partial charge is 0.507 e. The SMILES string of the molecule is CSc1c(O)c(Sc2c(O)c(Sc3c(O)c(Sc4c(O)c(C)cc(O)c4/C=C/C(=O)N4CCCCC4)cc(O)c3/C=C/C(=O)N3CCCCC3)cc(O)c2/C=C/C(=O)N2CCCCC2)cc(O)c1/C=C/C(=O)N1CCCCC1. The zero-order valence-electron chi connectivity index (χ0n) is 43.7. The van der Waals surface area contributed by atoms with Crippen LogP contribution in [0.3, 0.4) is 0 Å². The number of phenolic OH excluding ortho intramolecular Hbond substituents is 8. The summed E-state index contributed by atoms with van der Waals surface area (Å²) in [4.78, 5) is 60.2. The maximum absolute atomic E-state index is 13.5. The Bertz CT molecular complexity index is 3060. The van der Waals surface area contributed by atoms with Gasteiger partial charge in [0.05, 0.1) is 34.3 Å². The van der Waals surface area contributed by atoms with Gasteiger partial charge in [-0.05, 0) is 144 Å². The molecule has 0 atom stereocenters. The molecule has 4 saturated heterocycles. The van der Waals surface area contributed by atoms with Crippen LogP contribution in [-0.4, -0.2) is 143 Å². The van der Waals surface area contributed by atoms with Crippen LogP contribution in [0.5, 0.6) is 46.0 Å². The summed E-state index contributed by atoms with van der Waals surface area (Å²) in [6, 6.07) is 5.05. The van der Waals surface area contributed by atoms with E-state index in [1.54, 1.807) is 32.8 Å². The Labute approximate surface area is 471 Å². The summed E-state index contributed by atoms with van der Waals surface area (Å²) in [5, 5.41) is 95.1. The minimum Gasteiger partial charge on any atom is -0.507 e. The first-order valence-corrected chi connectivity index (χ1v) is 30.0. The number of aryl methyl sites for hydroxylation is 1. The highest BCUT2D eigenvalue weighted by Crippen LogP contribution is 2.56. The first-order chi connectivity index (χ1) is 37.5. The lowest BCUT2D eigenvalue weighted by atomic mass is 10.1. The average Bonchev–Trinajstić information content (AvgIpc) is 3.45. The quantitative estimate of drug-likeness (QED) is 0.0313. The van der Waals surface area contributed by atoms with Crippen molar-refractivity contribution in [3.05, 3.63) is 76.4 Å². The van der Waals surface area contributed by atoms with Crippen molar-refractivity contribution in [3.8, 4) is 46.0 Å². The van der Waals surface area contributed by atoms with E-state index >= 15 is 0 Å². The number of amides is 4. The molecule has 0 bridgehead atoms. The van der Waals surface area contributed by atoms with Crippen LogP contribution in [0.25, 0.3) is 24.3 Å². The highest BCUT2D eigenvalue weighted by Gasteiger charge is 2.28. The molecule has 0 radical (unpaired) electrons. The Kier molecular flexibility index (Phi) is 19.6. The number of hydrogen-bond donors (Lipinski definition) is 8. The van der Waals surface area contributed by atoms with E-state index in [1.165, 1.54) is 72.9 Å². The molecule has 4 aromatic rings. The van der Waals surface area contributed by atoms with Crippen LogP contribution in [0.15, 0.2) is 82.8 Å². The highest BCUT2D eigenvalue weighted by molar-refractivity contribution is 8.01. The first kappa shape index (κ1) is 57.7. The fourth-order valence-corrected chi connectivity index (χ4v) is 14.0. The smallest absolute Gasteiger partial charge is 0.246 e. The van der Waals surface area contributed by atoms with Crippen molar-refractivity contribution >= 4 is 95.0 Å². The lowest BCUT2D eigenvalue weighted by molar-refractivity contribution is -0.127. The van der Waals surface area contributed by atoms with Gasteiger partial charge in [-0.2, -0.15) is 0 Å². The Morgan fingerprint density at radius 3 is 0.897 bits per heavy atom. The van der Waals surface area contributed by atoms with Crippen LogP contribution in [0.4, 0.5) is 0 Å². The average molecular weight is 1140 g/mol. The molecule has 0 aromatic heterocycles. The monoisotopic (exact) mass is 1140 g/mol. The van der Waals surface area contributed by atoms with Crippen molar-refractivity contribution in [3.63, 3.8) is 0 Å². The second-order valence-electron chi connectivity index (χ2n) is 19.6. The van der Waals surface area contributed by atoms with Crippen LogP contribution in [0.2, 0.25) is 0 Å². The topological polar surface area (TPSA) is 243 Å². The van der Waals surface area contributed by atoms with E-state index in [1.807, 2.05) is 0 Å². The van der Waals surface area contributed by atoms with E-state index < -0.39 is 23.0 Å². The molecule has 0 aliphatic carbocycles. The van der Waals surface area contributed by atoms with Gasteiger partial charge in [0, 0.05) is 98.9 Å². The standard InChI is InChI=1S/C58H66N4O12S4/c1-35-31-40(63)37(16-20-48(68)60-25-9-4-10-26-60)56(51(35)71)76-45-33-42(65)39(18-22-50(70)62-29-13-6-14-30-62)58(53(45)73)78-46-34-43(66)38(17-21-49(69)61-27-11-5-12-28-61)57(54(46)74)77-44-32-41(64)36(55(75-2)52(44)72)15-19-47(67)59-23-7-3-8-24-59/h15-22,31-34,63-66,71-74H,3-14,23-30H2,1-2H3/b19-15+,20-16+,21-17+,22-18+. The van der Waals surface area contributed by atoms with Gasteiger partial charge in [0.15, 0.2) is 0 Å². The molecule has 4 fully saturated rings. The predicted octanol–water partition coefficient (Wildman–Crippen LogP) is 10.9. The Morgan fingerprint density at radius 1 is 0.372 bits per heavy atom. The third kappa shape index (κ3) is 13.5. The second kappa shape index (κ2) is 26.4. The van der Waals surface area contributed by atoms with Crippen LogP contribution >= 0.6 is 47.0 Å². The molecule has 4 aromatic carbocycles. The molecule has 4 heterocycles. The molecular weight excluding hydrogens is 1070 g/mol. The van der Waals surface area contributed by atoms with Gasteiger partial charge in [0.2, 0.25) is 23.6 Å². The van der Waals surface area contributed by atoms with Crippen LogP contribution in [0, 0.1) is 6.92 Å². The zero-order chi connectivity index (χ0) is 55.6. The number of rotatable bonds is 15. The normalized spacial score (nSPS) is 16.6. The molecule has 0 unspecified atom stereocenters. The number of carbonyl (C=O) groups is 4. The Balaban J connectivity index is 1.23. The van der Waals surface area contributed by atoms with Gasteiger partial charge < -0.3 is 60.5 Å². The summed E-state index contributed by atoms with van der Waals surface area (Å²) in [5.74, 6) is -4.17. The summed E-state index contributed by atoms with van der Waals surface area (Å²) in [5.41, 5.74) is 0.464. The molecule has 20 heteroatoms. The predicted molar refractivity (Wildman–Crippen MR) is 306 cm³/mol. The van der Waals surface area contributed by atoms with Crippen molar-refractivity contribution in [2.24, 2.45) is 0 Å². The second-order valence-corrected chi connectivity index (χ2v) is 23.6. The molecule has 4 aliphatic heterocycles. The number of phenols is 8. The van der Waals surface area contributed by atoms with E-state index in [-0.39, 0.29) is 109 Å².